The molecule has 0 aliphatic rings. The quantitative estimate of drug-likeness (QED) is 0.777. The molecule has 1 rings (SSSR count). The lowest BCUT2D eigenvalue weighted by Gasteiger charge is -2.43. The Balaban J connectivity index is 2.82. The first-order valence-corrected chi connectivity index (χ1v) is 7.85. The minimum absolute atomic E-state index is 0.208. The van der Waals surface area contributed by atoms with Crippen LogP contribution in [-0.4, -0.2) is 37.1 Å². The molecule has 1 aromatic heterocycles. The number of thiophene rings is 1. The van der Waals surface area contributed by atoms with Crippen LogP contribution in [0.2, 0.25) is 0 Å². The summed E-state index contributed by atoms with van der Waals surface area (Å²) in [5.41, 5.74) is 0.208. The van der Waals surface area contributed by atoms with E-state index < -0.39 is 0 Å². The van der Waals surface area contributed by atoms with Crippen molar-refractivity contribution in [2.24, 2.45) is 0 Å². The first kappa shape index (κ1) is 15.7. The molecule has 2 atom stereocenters. The molecule has 2 nitrogen and oxygen atoms in total. The number of nitrogens with one attached hydrogen (secondary N) is 1. The molecule has 1 heterocycles. The Hall–Kier alpha value is -0.380. The van der Waals surface area contributed by atoms with E-state index in [0.29, 0.717) is 6.04 Å². The molecular weight excluding hydrogens is 240 g/mol. The summed E-state index contributed by atoms with van der Waals surface area (Å²) in [6.07, 6.45) is 3.47. The highest BCUT2D eigenvalue weighted by atomic mass is 32.1. The average Bonchev–Trinajstić information content (AvgIpc) is 2.86. The van der Waals surface area contributed by atoms with Gasteiger partial charge in [-0.3, -0.25) is 0 Å². The van der Waals surface area contributed by atoms with Crippen LogP contribution in [0, 0.1) is 0 Å². The van der Waals surface area contributed by atoms with Gasteiger partial charge in [-0.2, -0.15) is 0 Å². The van der Waals surface area contributed by atoms with Crippen molar-refractivity contribution in [2.75, 3.05) is 20.6 Å². The summed E-state index contributed by atoms with van der Waals surface area (Å²) in [7, 11) is 4.39. The maximum absolute atomic E-state index is 3.75. The molecule has 0 saturated carbocycles. The van der Waals surface area contributed by atoms with E-state index in [4.69, 9.17) is 0 Å². The van der Waals surface area contributed by atoms with Crippen molar-refractivity contribution in [1.29, 1.82) is 0 Å². The minimum atomic E-state index is 0.208. The fourth-order valence-electron chi connectivity index (χ4n) is 2.33. The van der Waals surface area contributed by atoms with Gasteiger partial charge in [-0.25, -0.2) is 0 Å². The highest BCUT2D eigenvalue weighted by molar-refractivity contribution is 7.09. The van der Waals surface area contributed by atoms with Crippen molar-refractivity contribution >= 4 is 11.3 Å². The summed E-state index contributed by atoms with van der Waals surface area (Å²) in [6, 6.07) is 4.91. The van der Waals surface area contributed by atoms with E-state index in [1.54, 1.807) is 0 Å². The van der Waals surface area contributed by atoms with E-state index in [2.05, 4.69) is 62.6 Å². The molecule has 0 aliphatic heterocycles. The molecule has 0 aromatic carbocycles. The molecule has 0 spiro atoms. The highest BCUT2D eigenvalue weighted by Gasteiger charge is 2.34. The number of nitrogens with zero attached hydrogens (tertiary/aromatic N) is 1. The molecule has 0 amide bonds. The van der Waals surface area contributed by atoms with Crippen LogP contribution >= 0.6 is 11.3 Å². The van der Waals surface area contributed by atoms with Gasteiger partial charge in [0, 0.05) is 16.5 Å². The number of hydrogen-bond donors (Lipinski definition) is 1. The molecule has 0 fully saturated rings. The second-order valence-corrected chi connectivity index (χ2v) is 6.43. The minimum Gasteiger partial charge on any atom is -0.312 e. The smallest absolute Gasteiger partial charge is 0.0329 e. The zero-order valence-corrected chi connectivity index (χ0v) is 13.3. The molecule has 18 heavy (non-hydrogen) atoms. The lowest BCUT2D eigenvalue weighted by atomic mass is 9.85. The summed E-state index contributed by atoms with van der Waals surface area (Å²) in [5.74, 6) is 0. The van der Waals surface area contributed by atoms with E-state index in [0.717, 1.165) is 19.4 Å². The van der Waals surface area contributed by atoms with Crippen molar-refractivity contribution in [3.63, 3.8) is 0 Å². The fraction of sp³-hybridized carbons (Fsp3) is 0.733. The maximum Gasteiger partial charge on any atom is 0.0329 e. The van der Waals surface area contributed by atoms with Crippen LogP contribution in [0.5, 0.6) is 0 Å². The summed E-state index contributed by atoms with van der Waals surface area (Å²) in [4.78, 5) is 3.85. The van der Waals surface area contributed by atoms with Crippen molar-refractivity contribution in [1.82, 2.24) is 10.2 Å². The predicted octanol–water partition coefficient (Wildman–Crippen LogP) is 3.39. The van der Waals surface area contributed by atoms with Gasteiger partial charge >= 0.3 is 0 Å². The van der Waals surface area contributed by atoms with Crippen LogP contribution in [0.4, 0.5) is 0 Å². The molecule has 3 heteroatoms. The summed E-state index contributed by atoms with van der Waals surface area (Å²) in [5, 5.41) is 5.92. The third kappa shape index (κ3) is 3.81. The van der Waals surface area contributed by atoms with E-state index >= 15 is 0 Å². The number of hydrogen-bond acceptors (Lipinski definition) is 3. The van der Waals surface area contributed by atoms with Crippen molar-refractivity contribution in [3.05, 3.63) is 22.4 Å². The van der Waals surface area contributed by atoms with Gasteiger partial charge in [0.05, 0.1) is 0 Å². The van der Waals surface area contributed by atoms with Gasteiger partial charge in [0.2, 0.25) is 0 Å². The van der Waals surface area contributed by atoms with Crippen LogP contribution in [0.1, 0.15) is 38.5 Å². The lowest BCUT2D eigenvalue weighted by Crippen LogP contribution is -2.57. The zero-order chi connectivity index (χ0) is 13.6. The van der Waals surface area contributed by atoms with Crippen LogP contribution in [0.3, 0.4) is 0 Å². The van der Waals surface area contributed by atoms with Gasteiger partial charge in [0.15, 0.2) is 0 Å². The van der Waals surface area contributed by atoms with E-state index in [-0.39, 0.29) is 5.54 Å². The molecule has 104 valence electrons. The van der Waals surface area contributed by atoms with Gasteiger partial charge in [0.25, 0.3) is 0 Å². The van der Waals surface area contributed by atoms with Gasteiger partial charge in [-0.15, -0.1) is 11.3 Å². The SMILES string of the molecule is CCCNC(Cc1cccs1)C(C)(CC)N(C)C. The van der Waals surface area contributed by atoms with Gasteiger partial charge < -0.3 is 10.2 Å². The topological polar surface area (TPSA) is 15.3 Å². The Kier molecular flexibility index (Phi) is 6.33. The first-order chi connectivity index (χ1) is 8.54. The van der Waals surface area contributed by atoms with Crippen LogP contribution in [0.15, 0.2) is 17.5 Å². The number of rotatable bonds is 8. The summed E-state index contributed by atoms with van der Waals surface area (Å²) < 4.78 is 0. The monoisotopic (exact) mass is 268 g/mol. The van der Waals surface area contributed by atoms with Crippen LogP contribution in [0.25, 0.3) is 0 Å². The Morgan fingerprint density at radius 2 is 2.11 bits per heavy atom. The van der Waals surface area contributed by atoms with Crippen molar-refractivity contribution < 1.29 is 0 Å². The van der Waals surface area contributed by atoms with Gasteiger partial charge in [-0.05, 0) is 58.3 Å². The Morgan fingerprint density at radius 3 is 2.56 bits per heavy atom. The van der Waals surface area contributed by atoms with Crippen molar-refractivity contribution in [2.45, 2.75) is 51.6 Å². The Labute approximate surface area is 116 Å². The van der Waals surface area contributed by atoms with Crippen LogP contribution < -0.4 is 5.32 Å². The molecule has 0 saturated heterocycles. The van der Waals surface area contributed by atoms with Crippen LogP contribution in [-0.2, 0) is 6.42 Å². The largest absolute Gasteiger partial charge is 0.312 e. The lowest BCUT2D eigenvalue weighted by molar-refractivity contribution is 0.113. The third-order valence-electron chi connectivity index (χ3n) is 4.11. The first-order valence-electron chi connectivity index (χ1n) is 6.97. The normalized spacial score (nSPS) is 16.8. The second-order valence-electron chi connectivity index (χ2n) is 5.40. The van der Waals surface area contributed by atoms with E-state index in [1.165, 1.54) is 11.3 Å². The average molecular weight is 268 g/mol. The molecule has 0 radical (unpaired) electrons. The Bertz CT molecular complexity index is 321. The predicted molar refractivity (Wildman–Crippen MR) is 82.5 cm³/mol. The molecule has 0 bridgehead atoms. The molecule has 1 aromatic rings. The third-order valence-corrected chi connectivity index (χ3v) is 5.01. The van der Waals surface area contributed by atoms with Gasteiger partial charge in [0.1, 0.15) is 0 Å². The molecule has 1 N–H and O–H groups in total. The van der Waals surface area contributed by atoms with E-state index in [1.807, 2.05) is 11.3 Å². The summed E-state index contributed by atoms with van der Waals surface area (Å²) >= 11 is 1.86. The molecule has 2 unspecified atom stereocenters. The highest BCUT2D eigenvalue weighted by Crippen LogP contribution is 2.25. The standard InChI is InChI=1S/C15H28N2S/c1-6-10-16-14(12-13-9-8-11-18-13)15(3,7-2)17(4)5/h8-9,11,14,16H,6-7,10,12H2,1-5H3. The van der Waals surface area contributed by atoms with Gasteiger partial charge in [-0.1, -0.05) is 19.9 Å². The maximum atomic E-state index is 3.75. The van der Waals surface area contributed by atoms with E-state index in [9.17, 15) is 0 Å². The molecular formula is C15H28N2S. The zero-order valence-electron chi connectivity index (χ0n) is 12.5. The second kappa shape index (κ2) is 7.27. The Morgan fingerprint density at radius 1 is 1.39 bits per heavy atom. The fourth-order valence-corrected chi connectivity index (χ4v) is 3.09. The molecule has 0 aliphatic carbocycles. The summed E-state index contributed by atoms with van der Waals surface area (Å²) in [6.45, 7) is 7.98. The number of likely N-dealkylation sites (N-methyl/N-ethyl adjacent to an activating group) is 1. The van der Waals surface area contributed by atoms with Crippen molar-refractivity contribution in [3.8, 4) is 0 Å².